The molecule has 0 bridgehead atoms. The zero-order valence-corrected chi connectivity index (χ0v) is 17.1. The van der Waals surface area contributed by atoms with Gasteiger partial charge in [0.2, 0.25) is 0 Å². The van der Waals surface area contributed by atoms with Crippen LogP contribution in [0.3, 0.4) is 0 Å². The third kappa shape index (κ3) is 5.33. The van der Waals surface area contributed by atoms with E-state index in [0.717, 1.165) is 22.4 Å². The predicted molar refractivity (Wildman–Crippen MR) is 114 cm³/mol. The highest BCUT2D eigenvalue weighted by atomic mass is 16.5. The molecule has 2 aromatic carbocycles. The number of rotatable bonds is 10. The van der Waals surface area contributed by atoms with Crippen molar-refractivity contribution in [3.05, 3.63) is 66.0 Å². The number of ketones is 1. The molecule has 0 aliphatic carbocycles. The summed E-state index contributed by atoms with van der Waals surface area (Å²) >= 11 is 0. The molecule has 0 saturated carbocycles. The Bertz CT molecular complexity index is 1030. The van der Waals surface area contributed by atoms with Crippen LogP contribution in [0.2, 0.25) is 0 Å². The number of aliphatic carboxylic acids is 1. The van der Waals surface area contributed by atoms with Crippen LogP contribution in [0.5, 0.6) is 5.75 Å². The molecule has 1 heterocycles. The monoisotopic (exact) mass is 407 g/mol. The van der Waals surface area contributed by atoms with Crippen molar-refractivity contribution in [3.63, 3.8) is 0 Å². The summed E-state index contributed by atoms with van der Waals surface area (Å²) in [6.45, 7) is 2.70. The molecule has 0 unspecified atom stereocenters. The average molecular weight is 407 g/mol. The highest BCUT2D eigenvalue weighted by molar-refractivity contribution is 5.77. The molecular formula is C23H25N3O4. The normalized spacial score (nSPS) is 10.7. The van der Waals surface area contributed by atoms with Crippen LogP contribution in [0.25, 0.3) is 16.8 Å². The number of nitrogens with zero attached hydrogens (tertiary/aromatic N) is 2. The van der Waals surface area contributed by atoms with E-state index in [1.165, 1.54) is 0 Å². The number of hydrogen-bond donors (Lipinski definition) is 2. The van der Waals surface area contributed by atoms with Gasteiger partial charge < -0.3 is 15.2 Å². The lowest BCUT2D eigenvalue weighted by molar-refractivity contribution is -0.136. The molecule has 0 spiro atoms. The van der Waals surface area contributed by atoms with E-state index < -0.39 is 5.97 Å². The molecule has 0 aliphatic heterocycles. The number of Topliss-reactive ketones (excluding diaryl/α,β-unsaturated/α-hetero) is 1. The number of carboxylic acids is 1. The van der Waals surface area contributed by atoms with Gasteiger partial charge >= 0.3 is 5.97 Å². The SMILES string of the molecule is COc1ccc(CC(=O)O)cc1-c1ccc(-n2cccn2)cc1CNCCC(C)=O. The summed E-state index contributed by atoms with van der Waals surface area (Å²) in [6.07, 6.45) is 3.99. The van der Waals surface area contributed by atoms with Gasteiger partial charge in [0.1, 0.15) is 11.5 Å². The zero-order valence-electron chi connectivity index (χ0n) is 17.1. The van der Waals surface area contributed by atoms with Gasteiger partial charge in [-0.3, -0.25) is 9.59 Å². The van der Waals surface area contributed by atoms with Crippen molar-refractivity contribution < 1.29 is 19.4 Å². The fourth-order valence-electron chi connectivity index (χ4n) is 3.29. The maximum atomic E-state index is 11.2. The lowest BCUT2D eigenvalue weighted by Gasteiger charge is -2.16. The largest absolute Gasteiger partial charge is 0.496 e. The quantitative estimate of drug-likeness (QED) is 0.501. The summed E-state index contributed by atoms with van der Waals surface area (Å²) in [7, 11) is 1.60. The van der Waals surface area contributed by atoms with Gasteiger partial charge in [0.25, 0.3) is 0 Å². The molecule has 156 valence electrons. The minimum Gasteiger partial charge on any atom is -0.496 e. The lowest BCUT2D eigenvalue weighted by Crippen LogP contribution is -2.17. The number of carbonyl (C=O) groups is 2. The van der Waals surface area contributed by atoms with Gasteiger partial charge in [-0.25, -0.2) is 4.68 Å². The molecule has 2 N–H and O–H groups in total. The van der Waals surface area contributed by atoms with Crippen molar-refractivity contribution >= 4 is 11.8 Å². The van der Waals surface area contributed by atoms with Crippen LogP contribution in [-0.2, 0) is 22.6 Å². The fourth-order valence-corrected chi connectivity index (χ4v) is 3.29. The molecule has 0 atom stereocenters. The number of carbonyl (C=O) groups excluding carboxylic acids is 1. The second-order valence-corrected chi connectivity index (χ2v) is 7.03. The second kappa shape index (κ2) is 9.84. The number of aromatic nitrogens is 2. The first-order chi connectivity index (χ1) is 14.5. The number of nitrogens with one attached hydrogen (secondary N) is 1. The van der Waals surface area contributed by atoms with Gasteiger partial charge in [-0.05, 0) is 53.9 Å². The molecule has 7 heteroatoms. The van der Waals surface area contributed by atoms with Crippen LogP contribution >= 0.6 is 0 Å². The molecule has 0 aliphatic rings. The standard InChI is InChI=1S/C23H25N3O4/c1-16(27)8-10-24-15-18-14-19(26-11-3-9-25-26)5-6-20(18)21-12-17(13-23(28)29)4-7-22(21)30-2/h3-7,9,11-12,14,24H,8,10,13,15H2,1-2H3,(H,28,29). The van der Waals surface area contributed by atoms with Crippen LogP contribution in [0.4, 0.5) is 0 Å². The van der Waals surface area contributed by atoms with E-state index in [1.54, 1.807) is 37.0 Å². The third-order valence-electron chi connectivity index (χ3n) is 4.74. The maximum Gasteiger partial charge on any atom is 0.307 e. The smallest absolute Gasteiger partial charge is 0.307 e. The Hall–Kier alpha value is -3.45. The van der Waals surface area contributed by atoms with Crippen LogP contribution in [0.1, 0.15) is 24.5 Å². The molecule has 0 amide bonds. The Kier molecular flexibility index (Phi) is 6.98. The van der Waals surface area contributed by atoms with Crippen molar-refractivity contribution in [1.82, 2.24) is 15.1 Å². The van der Waals surface area contributed by atoms with E-state index in [0.29, 0.717) is 30.8 Å². The van der Waals surface area contributed by atoms with Gasteiger partial charge in [0.15, 0.2) is 0 Å². The fraction of sp³-hybridized carbons (Fsp3) is 0.261. The first kappa shape index (κ1) is 21.3. The highest BCUT2D eigenvalue weighted by Gasteiger charge is 2.14. The first-order valence-electron chi connectivity index (χ1n) is 9.70. The molecule has 3 aromatic rings. The number of ether oxygens (including phenoxy) is 1. The van der Waals surface area contributed by atoms with E-state index in [1.807, 2.05) is 36.5 Å². The molecule has 0 fully saturated rings. The Labute approximate surface area is 175 Å². The van der Waals surface area contributed by atoms with Gasteiger partial charge in [-0.15, -0.1) is 0 Å². The van der Waals surface area contributed by atoms with Crippen molar-refractivity contribution in [2.24, 2.45) is 0 Å². The molecule has 0 radical (unpaired) electrons. The number of carboxylic acid groups (broad SMARTS) is 1. The topological polar surface area (TPSA) is 93.4 Å². The molecule has 30 heavy (non-hydrogen) atoms. The summed E-state index contributed by atoms with van der Waals surface area (Å²) < 4.78 is 7.32. The van der Waals surface area contributed by atoms with Gasteiger partial charge in [-0.2, -0.15) is 5.10 Å². The molecular weight excluding hydrogens is 382 g/mol. The second-order valence-electron chi connectivity index (χ2n) is 7.03. The highest BCUT2D eigenvalue weighted by Crippen LogP contribution is 2.34. The molecule has 7 nitrogen and oxygen atoms in total. The Morgan fingerprint density at radius 3 is 2.67 bits per heavy atom. The van der Waals surface area contributed by atoms with Crippen LogP contribution in [0, 0.1) is 0 Å². The summed E-state index contributed by atoms with van der Waals surface area (Å²) in [5.74, 6) is -0.0803. The first-order valence-corrected chi connectivity index (χ1v) is 9.70. The van der Waals surface area contributed by atoms with Crippen LogP contribution < -0.4 is 10.1 Å². The van der Waals surface area contributed by atoms with E-state index in [-0.39, 0.29) is 12.2 Å². The van der Waals surface area contributed by atoms with Gasteiger partial charge in [-0.1, -0.05) is 12.1 Å². The number of hydrogen-bond acceptors (Lipinski definition) is 5. The summed E-state index contributed by atoms with van der Waals surface area (Å²) in [5, 5.41) is 16.8. The van der Waals surface area contributed by atoms with Crippen molar-refractivity contribution in [2.75, 3.05) is 13.7 Å². The summed E-state index contributed by atoms with van der Waals surface area (Å²) in [6, 6.07) is 13.3. The number of benzene rings is 2. The Morgan fingerprint density at radius 1 is 1.17 bits per heavy atom. The lowest BCUT2D eigenvalue weighted by atomic mass is 9.95. The van der Waals surface area contributed by atoms with Crippen molar-refractivity contribution in [1.29, 1.82) is 0 Å². The Balaban J connectivity index is 2.01. The zero-order chi connectivity index (χ0) is 21.5. The van der Waals surface area contributed by atoms with Crippen molar-refractivity contribution in [3.8, 4) is 22.6 Å². The van der Waals surface area contributed by atoms with E-state index in [9.17, 15) is 9.59 Å². The minimum absolute atomic E-state index is 0.0610. The molecule has 0 saturated heterocycles. The average Bonchev–Trinajstić information content (AvgIpc) is 3.25. The third-order valence-corrected chi connectivity index (χ3v) is 4.74. The molecule has 1 aromatic heterocycles. The van der Waals surface area contributed by atoms with E-state index >= 15 is 0 Å². The van der Waals surface area contributed by atoms with Crippen LogP contribution in [0.15, 0.2) is 54.9 Å². The number of methoxy groups -OCH3 is 1. The van der Waals surface area contributed by atoms with Crippen molar-refractivity contribution in [2.45, 2.75) is 26.3 Å². The van der Waals surface area contributed by atoms with E-state index in [4.69, 9.17) is 9.84 Å². The Morgan fingerprint density at radius 2 is 2.00 bits per heavy atom. The van der Waals surface area contributed by atoms with E-state index in [2.05, 4.69) is 10.4 Å². The minimum atomic E-state index is -0.883. The van der Waals surface area contributed by atoms with Gasteiger partial charge in [0.05, 0.1) is 19.2 Å². The summed E-state index contributed by atoms with van der Waals surface area (Å²) in [5.41, 5.74) is 4.37. The predicted octanol–water partition coefficient (Wildman–Crippen LogP) is 3.24. The van der Waals surface area contributed by atoms with Crippen LogP contribution in [-0.4, -0.2) is 40.3 Å². The molecule has 3 rings (SSSR count). The maximum absolute atomic E-state index is 11.2. The van der Waals surface area contributed by atoms with Gasteiger partial charge in [0, 0.05) is 37.5 Å². The summed E-state index contributed by atoms with van der Waals surface area (Å²) in [4.78, 5) is 22.4.